The molecule has 232 valence electrons. The molecule has 1 aliphatic heterocycles. The molecule has 9 aromatic rings. The molecule has 0 aliphatic carbocycles. The van der Waals surface area contributed by atoms with Crippen molar-refractivity contribution in [2.45, 2.75) is 19.3 Å². The van der Waals surface area contributed by atoms with Crippen LogP contribution in [0.5, 0.6) is 0 Å². The van der Waals surface area contributed by atoms with Crippen LogP contribution in [0.2, 0.25) is 0 Å². The molecule has 4 nitrogen and oxygen atoms in total. The molecule has 49 heavy (non-hydrogen) atoms. The van der Waals surface area contributed by atoms with E-state index in [9.17, 15) is 0 Å². The molecule has 0 unspecified atom stereocenters. The minimum Gasteiger partial charge on any atom is -0.309 e. The number of aromatic nitrogens is 4. The van der Waals surface area contributed by atoms with E-state index >= 15 is 0 Å². The zero-order valence-corrected chi connectivity index (χ0v) is 27.3. The number of nitrogens with zero attached hydrogens (tertiary/aromatic N) is 4. The first-order chi connectivity index (χ1) is 24.1. The van der Waals surface area contributed by atoms with E-state index in [-0.39, 0.29) is 5.41 Å². The smallest absolute Gasteiger partial charge is 0.159 e. The average molecular weight is 629 g/mol. The fourth-order valence-electron chi connectivity index (χ4n) is 7.92. The summed E-state index contributed by atoms with van der Waals surface area (Å²) in [4.78, 5) is 10.3. The van der Waals surface area contributed by atoms with Crippen LogP contribution in [0.4, 0.5) is 0 Å². The molecule has 3 aromatic heterocycles. The highest BCUT2D eigenvalue weighted by molar-refractivity contribution is 6.10. The Morgan fingerprint density at radius 2 is 1.22 bits per heavy atom. The molecular formula is C45H32N4. The van der Waals surface area contributed by atoms with Gasteiger partial charge in [-0.15, -0.1) is 0 Å². The zero-order chi connectivity index (χ0) is 32.7. The van der Waals surface area contributed by atoms with Gasteiger partial charge in [0.2, 0.25) is 0 Å². The quantitative estimate of drug-likeness (QED) is 0.194. The molecule has 1 aliphatic rings. The number of para-hydroxylation sites is 3. The number of hydrogen-bond acceptors (Lipinski definition) is 2. The van der Waals surface area contributed by atoms with Crippen LogP contribution in [0.1, 0.15) is 25.1 Å². The summed E-state index contributed by atoms with van der Waals surface area (Å²) in [5, 5.41) is 3.73. The van der Waals surface area contributed by atoms with Gasteiger partial charge in [0.05, 0.1) is 39.8 Å². The normalized spacial score (nSPS) is 13.3. The summed E-state index contributed by atoms with van der Waals surface area (Å²) >= 11 is 0. The summed E-state index contributed by atoms with van der Waals surface area (Å²) < 4.78 is 4.71. The topological polar surface area (TPSA) is 35.6 Å². The van der Waals surface area contributed by atoms with E-state index in [2.05, 4.69) is 175 Å². The fraction of sp³-hybridized carbons (Fsp3) is 0.0667. The fourth-order valence-corrected chi connectivity index (χ4v) is 7.92. The molecule has 0 radical (unpaired) electrons. The van der Waals surface area contributed by atoms with Gasteiger partial charge in [-0.2, -0.15) is 0 Å². The maximum Gasteiger partial charge on any atom is 0.159 e. The van der Waals surface area contributed by atoms with Gasteiger partial charge >= 0.3 is 0 Å². The van der Waals surface area contributed by atoms with Gasteiger partial charge in [-0.05, 0) is 72.5 Å². The minimum absolute atomic E-state index is 0.289. The van der Waals surface area contributed by atoms with Gasteiger partial charge < -0.3 is 9.13 Å². The molecule has 10 rings (SSSR count). The lowest BCUT2D eigenvalue weighted by atomic mass is 9.78. The van der Waals surface area contributed by atoms with Crippen molar-refractivity contribution in [3.63, 3.8) is 0 Å². The van der Waals surface area contributed by atoms with Crippen LogP contribution in [0.15, 0.2) is 158 Å². The van der Waals surface area contributed by atoms with Crippen LogP contribution in [-0.2, 0) is 5.41 Å². The summed E-state index contributed by atoms with van der Waals surface area (Å²) in [5.41, 5.74) is 13.6. The third-order valence-corrected chi connectivity index (χ3v) is 10.3. The lowest BCUT2D eigenvalue weighted by Gasteiger charge is -2.34. The Morgan fingerprint density at radius 1 is 0.531 bits per heavy atom. The Labute approximate surface area is 284 Å². The molecule has 0 atom stereocenters. The van der Waals surface area contributed by atoms with Crippen molar-refractivity contribution in [1.82, 2.24) is 19.1 Å². The van der Waals surface area contributed by atoms with Crippen LogP contribution >= 0.6 is 0 Å². The van der Waals surface area contributed by atoms with Crippen molar-refractivity contribution < 1.29 is 0 Å². The standard InChI is InChI=1S/C45H32N4/c1-45(2)37-18-11-14-33-27-40(30-12-5-3-6-13-30)49(42(33)37)41-28-46-44(47-43(41)45)31-22-20-29(21-23-31)32-24-25-39-36(26-32)35-17-9-10-19-38(35)48(39)34-15-7-4-8-16-34/h3-28H,1-2H3. The lowest BCUT2D eigenvalue weighted by molar-refractivity contribution is 0.602. The minimum atomic E-state index is -0.289. The van der Waals surface area contributed by atoms with Gasteiger partial charge in [-0.1, -0.05) is 115 Å². The molecule has 6 aromatic carbocycles. The lowest BCUT2D eigenvalue weighted by Crippen LogP contribution is -2.28. The van der Waals surface area contributed by atoms with Crippen molar-refractivity contribution in [2.24, 2.45) is 0 Å². The van der Waals surface area contributed by atoms with Gasteiger partial charge in [0.1, 0.15) is 0 Å². The highest BCUT2D eigenvalue weighted by Gasteiger charge is 2.37. The van der Waals surface area contributed by atoms with Crippen molar-refractivity contribution in [2.75, 3.05) is 0 Å². The van der Waals surface area contributed by atoms with Gasteiger partial charge in [0.15, 0.2) is 5.82 Å². The Hall–Kier alpha value is -6.26. The number of benzene rings is 6. The van der Waals surface area contributed by atoms with E-state index in [1.165, 1.54) is 55.1 Å². The predicted molar refractivity (Wildman–Crippen MR) is 202 cm³/mol. The molecule has 0 saturated carbocycles. The summed E-state index contributed by atoms with van der Waals surface area (Å²) in [6.45, 7) is 4.56. The Morgan fingerprint density at radius 3 is 2.04 bits per heavy atom. The van der Waals surface area contributed by atoms with Crippen LogP contribution in [0, 0.1) is 0 Å². The summed E-state index contributed by atoms with van der Waals surface area (Å²) in [6, 6.07) is 54.3. The SMILES string of the molecule is CC1(C)c2nc(-c3ccc(-c4ccc5c(c4)c4ccccc4n5-c4ccccc4)cc3)ncc2-n2c(-c3ccccc3)cc3cccc1c32. The largest absolute Gasteiger partial charge is 0.309 e. The molecule has 4 heteroatoms. The molecular weight excluding hydrogens is 597 g/mol. The summed E-state index contributed by atoms with van der Waals surface area (Å²) in [5.74, 6) is 0.740. The highest BCUT2D eigenvalue weighted by atomic mass is 15.1. The third kappa shape index (κ3) is 4.10. The van der Waals surface area contributed by atoms with E-state index in [1.807, 2.05) is 6.20 Å². The number of fused-ring (bicyclic) bond motifs is 5. The first kappa shape index (κ1) is 27.8. The predicted octanol–water partition coefficient (Wildman–Crippen LogP) is 11.2. The van der Waals surface area contributed by atoms with Gasteiger partial charge in [-0.3, -0.25) is 0 Å². The number of hydrogen-bond donors (Lipinski definition) is 0. The molecule has 0 saturated heterocycles. The second kappa shape index (κ2) is 10.4. The summed E-state index contributed by atoms with van der Waals surface area (Å²) in [7, 11) is 0. The maximum absolute atomic E-state index is 5.31. The van der Waals surface area contributed by atoms with Crippen LogP contribution in [-0.4, -0.2) is 19.1 Å². The van der Waals surface area contributed by atoms with E-state index in [1.54, 1.807) is 0 Å². The molecule has 0 amide bonds. The van der Waals surface area contributed by atoms with Crippen LogP contribution in [0.3, 0.4) is 0 Å². The van der Waals surface area contributed by atoms with Gasteiger partial charge in [0, 0.05) is 32.8 Å². The molecule has 0 N–H and O–H groups in total. The Kier molecular flexibility index (Phi) is 5.89. The Balaban J connectivity index is 1.06. The Bertz CT molecular complexity index is 2710. The first-order valence-corrected chi connectivity index (χ1v) is 16.8. The second-order valence-corrected chi connectivity index (χ2v) is 13.5. The van der Waals surface area contributed by atoms with E-state index < -0.39 is 0 Å². The van der Waals surface area contributed by atoms with E-state index in [4.69, 9.17) is 9.97 Å². The third-order valence-electron chi connectivity index (χ3n) is 10.3. The monoisotopic (exact) mass is 628 g/mol. The molecule has 0 fully saturated rings. The highest BCUT2D eigenvalue weighted by Crippen LogP contribution is 2.46. The van der Waals surface area contributed by atoms with Crippen molar-refractivity contribution in [3.8, 4) is 45.1 Å². The maximum atomic E-state index is 5.31. The van der Waals surface area contributed by atoms with Crippen molar-refractivity contribution in [3.05, 3.63) is 169 Å². The first-order valence-electron chi connectivity index (χ1n) is 16.8. The van der Waals surface area contributed by atoms with E-state index in [0.717, 1.165) is 34.0 Å². The average Bonchev–Trinajstić information content (AvgIpc) is 3.71. The van der Waals surface area contributed by atoms with Crippen LogP contribution < -0.4 is 0 Å². The molecule has 4 heterocycles. The van der Waals surface area contributed by atoms with Gasteiger partial charge in [0.25, 0.3) is 0 Å². The van der Waals surface area contributed by atoms with Crippen molar-refractivity contribution >= 4 is 32.7 Å². The molecule has 0 bridgehead atoms. The van der Waals surface area contributed by atoms with Crippen molar-refractivity contribution in [1.29, 1.82) is 0 Å². The number of rotatable bonds is 4. The van der Waals surface area contributed by atoms with E-state index in [0.29, 0.717) is 0 Å². The van der Waals surface area contributed by atoms with Gasteiger partial charge in [-0.25, -0.2) is 9.97 Å². The van der Waals surface area contributed by atoms with Crippen LogP contribution in [0.25, 0.3) is 77.9 Å². The molecule has 0 spiro atoms. The summed E-state index contributed by atoms with van der Waals surface area (Å²) in [6.07, 6.45) is 2.02. The zero-order valence-electron chi connectivity index (χ0n) is 27.3. The second-order valence-electron chi connectivity index (χ2n) is 13.5.